The molecule has 4 aromatic rings. The van der Waals surface area contributed by atoms with Crippen molar-refractivity contribution in [2.24, 2.45) is 0 Å². The second kappa shape index (κ2) is 8.82. The summed E-state index contributed by atoms with van der Waals surface area (Å²) in [7, 11) is 0. The van der Waals surface area contributed by atoms with Crippen LogP contribution in [-0.4, -0.2) is 38.7 Å². The number of unbranched alkanes of at least 4 members (excludes halogenated alkanes) is 1. The number of carbonyl (C=O) groups is 1. The number of piperidine rings is 1. The molecule has 1 aliphatic heterocycles. The van der Waals surface area contributed by atoms with Crippen molar-refractivity contribution in [3.63, 3.8) is 0 Å². The Morgan fingerprint density at radius 3 is 2.72 bits per heavy atom. The summed E-state index contributed by atoms with van der Waals surface area (Å²) in [6.07, 6.45) is 3.76. The average Bonchev–Trinajstić information content (AvgIpc) is 3.28. The summed E-state index contributed by atoms with van der Waals surface area (Å²) in [4.78, 5) is 33.2. The Morgan fingerprint density at radius 2 is 1.91 bits per heavy atom. The van der Waals surface area contributed by atoms with E-state index in [1.165, 1.54) is 9.38 Å². The van der Waals surface area contributed by atoms with Crippen LogP contribution in [0.3, 0.4) is 0 Å². The number of thiazole rings is 1. The normalized spacial score (nSPS) is 16.7. The molecular formula is C25H26N4O2S. The first-order valence-electron chi connectivity index (χ1n) is 11.3. The first-order valence-corrected chi connectivity index (χ1v) is 12.1. The summed E-state index contributed by atoms with van der Waals surface area (Å²) in [5.74, 6) is 0.125. The molecule has 2 aromatic heterocycles. The largest absolute Gasteiger partial charge is 0.337 e. The third-order valence-corrected chi connectivity index (χ3v) is 7.36. The molecule has 3 heterocycles. The van der Waals surface area contributed by atoms with Crippen LogP contribution in [0.25, 0.3) is 21.0 Å². The molecule has 7 heteroatoms. The smallest absolute Gasteiger partial charge is 0.274 e. The maximum absolute atomic E-state index is 13.6. The van der Waals surface area contributed by atoms with Crippen LogP contribution < -0.4 is 5.56 Å². The molecule has 0 spiro atoms. The molecule has 1 aliphatic rings. The van der Waals surface area contributed by atoms with Gasteiger partial charge in [0.05, 0.1) is 20.6 Å². The number of fused-ring (bicyclic) bond motifs is 2. The van der Waals surface area contributed by atoms with Crippen LogP contribution in [0, 0.1) is 0 Å². The quantitative estimate of drug-likeness (QED) is 0.441. The predicted octanol–water partition coefficient (Wildman–Crippen LogP) is 4.83. The van der Waals surface area contributed by atoms with Crippen molar-refractivity contribution in [3.8, 4) is 0 Å². The number of amides is 1. The molecule has 1 amide bonds. The molecule has 164 valence electrons. The van der Waals surface area contributed by atoms with E-state index in [4.69, 9.17) is 4.98 Å². The number of carbonyl (C=O) groups excluding carboxylic acids is 1. The third kappa shape index (κ3) is 3.81. The van der Waals surface area contributed by atoms with Gasteiger partial charge in [-0.1, -0.05) is 43.7 Å². The maximum atomic E-state index is 13.6. The number of likely N-dealkylation sites (tertiary alicyclic amines) is 1. The fourth-order valence-electron chi connectivity index (χ4n) is 4.43. The Morgan fingerprint density at radius 1 is 1.12 bits per heavy atom. The highest BCUT2D eigenvalue weighted by molar-refractivity contribution is 7.18. The summed E-state index contributed by atoms with van der Waals surface area (Å²) < 4.78 is 2.65. The SMILES string of the molecule is CCCCn1nc(C(=O)N2CCC[C@@H](c3nc4ccccc4s3)C2)c2ccccc2c1=O. The van der Waals surface area contributed by atoms with E-state index < -0.39 is 0 Å². The van der Waals surface area contributed by atoms with Gasteiger partial charge in [-0.2, -0.15) is 5.10 Å². The lowest BCUT2D eigenvalue weighted by molar-refractivity contribution is 0.0700. The molecule has 5 rings (SSSR count). The van der Waals surface area contributed by atoms with Crippen LogP contribution >= 0.6 is 11.3 Å². The Bertz CT molecular complexity index is 1310. The molecule has 0 N–H and O–H groups in total. The monoisotopic (exact) mass is 446 g/mol. The van der Waals surface area contributed by atoms with Crippen LogP contribution in [0.5, 0.6) is 0 Å². The first kappa shape index (κ1) is 20.8. The fourth-order valence-corrected chi connectivity index (χ4v) is 5.52. The van der Waals surface area contributed by atoms with Crippen LogP contribution in [0.4, 0.5) is 0 Å². The molecule has 0 radical (unpaired) electrons. The Kier molecular flexibility index (Phi) is 5.74. The standard InChI is InChI=1S/C25H26N4O2S/c1-2-3-15-29-24(30)19-11-5-4-10-18(19)22(27-29)25(31)28-14-8-9-17(16-28)23-26-20-12-6-7-13-21(20)32-23/h4-7,10-13,17H,2-3,8-9,14-16H2,1H3/t17-/m1/s1. The number of hydrogen-bond donors (Lipinski definition) is 0. The number of nitrogens with zero attached hydrogens (tertiary/aromatic N) is 4. The number of rotatable bonds is 5. The molecule has 32 heavy (non-hydrogen) atoms. The van der Waals surface area contributed by atoms with Gasteiger partial charge in [0.15, 0.2) is 5.69 Å². The summed E-state index contributed by atoms with van der Waals surface area (Å²) in [5, 5.41) is 6.83. The van der Waals surface area contributed by atoms with Crippen molar-refractivity contribution in [3.05, 3.63) is 69.6 Å². The Balaban J connectivity index is 1.48. The highest BCUT2D eigenvalue weighted by Crippen LogP contribution is 2.33. The second-order valence-electron chi connectivity index (χ2n) is 8.39. The van der Waals surface area contributed by atoms with Crippen molar-refractivity contribution in [2.45, 2.75) is 45.1 Å². The zero-order valence-corrected chi connectivity index (χ0v) is 19.0. The number of aromatic nitrogens is 3. The molecule has 0 bridgehead atoms. The van der Waals surface area contributed by atoms with Gasteiger partial charge >= 0.3 is 0 Å². The Labute approximate surface area is 190 Å². The van der Waals surface area contributed by atoms with Crippen LogP contribution in [0.1, 0.15) is 54.0 Å². The van der Waals surface area contributed by atoms with Gasteiger partial charge in [-0.05, 0) is 37.5 Å². The lowest BCUT2D eigenvalue weighted by Crippen LogP contribution is -2.40. The van der Waals surface area contributed by atoms with Crippen molar-refractivity contribution in [1.29, 1.82) is 0 Å². The maximum Gasteiger partial charge on any atom is 0.274 e. The van der Waals surface area contributed by atoms with Crippen molar-refractivity contribution < 1.29 is 4.79 Å². The minimum absolute atomic E-state index is 0.0998. The fraction of sp³-hybridized carbons (Fsp3) is 0.360. The highest BCUT2D eigenvalue weighted by Gasteiger charge is 2.29. The van der Waals surface area contributed by atoms with E-state index in [1.807, 2.05) is 41.3 Å². The van der Waals surface area contributed by atoms with Crippen LogP contribution in [-0.2, 0) is 6.54 Å². The average molecular weight is 447 g/mol. The van der Waals surface area contributed by atoms with Gasteiger partial charge in [0.1, 0.15) is 0 Å². The van der Waals surface area contributed by atoms with Gasteiger partial charge < -0.3 is 4.90 Å². The summed E-state index contributed by atoms with van der Waals surface area (Å²) in [6.45, 7) is 3.93. The zero-order chi connectivity index (χ0) is 22.1. The van der Waals surface area contributed by atoms with Gasteiger partial charge in [-0.25, -0.2) is 9.67 Å². The second-order valence-corrected chi connectivity index (χ2v) is 9.45. The van der Waals surface area contributed by atoms with E-state index in [0.29, 0.717) is 36.1 Å². The molecule has 0 saturated carbocycles. The van der Waals surface area contributed by atoms with Crippen molar-refractivity contribution in [1.82, 2.24) is 19.7 Å². The molecule has 1 fully saturated rings. The lowest BCUT2D eigenvalue weighted by Gasteiger charge is -2.31. The number of para-hydroxylation sites is 1. The van der Waals surface area contributed by atoms with E-state index in [1.54, 1.807) is 17.4 Å². The van der Waals surface area contributed by atoms with Crippen LogP contribution in [0.15, 0.2) is 53.3 Å². The number of hydrogen-bond acceptors (Lipinski definition) is 5. The summed E-state index contributed by atoms with van der Waals surface area (Å²) in [6, 6.07) is 15.5. The van der Waals surface area contributed by atoms with E-state index in [2.05, 4.69) is 18.1 Å². The summed E-state index contributed by atoms with van der Waals surface area (Å²) in [5.41, 5.74) is 1.27. The molecule has 1 saturated heterocycles. The van der Waals surface area contributed by atoms with Crippen molar-refractivity contribution >= 4 is 38.2 Å². The minimum atomic E-state index is -0.128. The van der Waals surface area contributed by atoms with Gasteiger partial charge in [0, 0.05) is 30.9 Å². The Hall–Kier alpha value is -3.06. The van der Waals surface area contributed by atoms with E-state index in [9.17, 15) is 9.59 Å². The van der Waals surface area contributed by atoms with E-state index >= 15 is 0 Å². The van der Waals surface area contributed by atoms with Crippen LogP contribution in [0.2, 0.25) is 0 Å². The molecule has 0 unspecified atom stereocenters. The first-order chi connectivity index (χ1) is 15.7. The lowest BCUT2D eigenvalue weighted by atomic mass is 9.98. The zero-order valence-electron chi connectivity index (χ0n) is 18.2. The van der Waals surface area contributed by atoms with Gasteiger partial charge in [0.2, 0.25) is 0 Å². The topological polar surface area (TPSA) is 68.1 Å². The van der Waals surface area contributed by atoms with E-state index in [0.717, 1.165) is 36.2 Å². The summed E-state index contributed by atoms with van der Waals surface area (Å²) >= 11 is 1.72. The van der Waals surface area contributed by atoms with E-state index in [-0.39, 0.29) is 17.4 Å². The van der Waals surface area contributed by atoms with Gasteiger partial charge in [-0.15, -0.1) is 11.3 Å². The predicted molar refractivity (Wildman–Crippen MR) is 128 cm³/mol. The number of benzene rings is 2. The molecular weight excluding hydrogens is 420 g/mol. The van der Waals surface area contributed by atoms with Gasteiger partial charge in [-0.3, -0.25) is 9.59 Å². The number of aryl methyl sites for hydroxylation is 1. The molecule has 1 atom stereocenters. The van der Waals surface area contributed by atoms with Crippen molar-refractivity contribution in [2.75, 3.05) is 13.1 Å². The third-order valence-electron chi connectivity index (χ3n) is 6.16. The molecule has 2 aromatic carbocycles. The highest BCUT2D eigenvalue weighted by atomic mass is 32.1. The minimum Gasteiger partial charge on any atom is -0.337 e. The van der Waals surface area contributed by atoms with Gasteiger partial charge in [0.25, 0.3) is 11.5 Å². The molecule has 0 aliphatic carbocycles. The molecule has 6 nitrogen and oxygen atoms in total.